The summed E-state index contributed by atoms with van der Waals surface area (Å²) < 4.78 is 4.92. The third kappa shape index (κ3) is 4.15. The molecule has 8 aromatic carbocycles. The molecule has 1 aliphatic carbocycles. The number of para-hydroxylation sites is 3. The molecule has 0 amide bonds. The van der Waals surface area contributed by atoms with E-state index in [1.165, 1.54) is 54.4 Å². The predicted molar refractivity (Wildman–Crippen MR) is 225 cm³/mol. The van der Waals surface area contributed by atoms with E-state index in [0.29, 0.717) is 0 Å². The molecule has 0 aliphatic heterocycles. The first-order valence-electron chi connectivity index (χ1n) is 18.8. The Labute approximate surface area is 313 Å². The third-order valence-corrected chi connectivity index (χ3v) is 12.3. The van der Waals surface area contributed by atoms with Crippen LogP contribution in [-0.4, -0.2) is 9.13 Å². The molecule has 4 N–H and O–H groups in total. The molecule has 0 spiro atoms. The van der Waals surface area contributed by atoms with Gasteiger partial charge in [-0.15, -0.1) is 0 Å². The van der Waals surface area contributed by atoms with Gasteiger partial charge in [-0.3, -0.25) is 0 Å². The maximum Gasteiger partial charge on any atom is 0.0627 e. The Morgan fingerprint density at radius 2 is 0.889 bits per heavy atom. The normalized spacial score (nSPS) is 18.9. The lowest BCUT2D eigenvalue weighted by Crippen LogP contribution is -2.38. The number of aromatic nitrogens is 2. The Kier molecular flexibility index (Phi) is 6.63. The molecule has 0 bridgehead atoms. The van der Waals surface area contributed by atoms with Crippen LogP contribution in [0, 0.1) is 0 Å². The van der Waals surface area contributed by atoms with Crippen LogP contribution in [0.15, 0.2) is 188 Å². The largest absolute Gasteiger partial charge is 0.323 e. The summed E-state index contributed by atoms with van der Waals surface area (Å²) in [5.41, 5.74) is 24.2. The Hall–Kier alpha value is -6.46. The van der Waals surface area contributed by atoms with Gasteiger partial charge in [-0.05, 0) is 59.5 Å². The van der Waals surface area contributed by atoms with Crippen molar-refractivity contribution < 1.29 is 0 Å². The molecular weight excluding hydrogens is 657 g/mol. The maximum atomic E-state index is 7.66. The summed E-state index contributed by atoms with van der Waals surface area (Å²) in [6.45, 7) is 0. The topological polar surface area (TPSA) is 61.9 Å². The molecule has 4 nitrogen and oxygen atoms in total. The molecule has 10 aromatic rings. The quantitative estimate of drug-likeness (QED) is 0.182. The lowest BCUT2D eigenvalue weighted by molar-refractivity contribution is 0.460. The van der Waals surface area contributed by atoms with Crippen LogP contribution in [0.5, 0.6) is 0 Å². The van der Waals surface area contributed by atoms with Crippen LogP contribution < -0.4 is 11.5 Å². The Balaban J connectivity index is 1.21. The smallest absolute Gasteiger partial charge is 0.0627 e. The van der Waals surface area contributed by atoms with Gasteiger partial charge >= 0.3 is 0 Å². The van der Waals surface area contributed by atoms with Gasteiger partial charge in [0.1, 0.15) is 0 Å². The highest BCUT2D eigenvalue weighted by Crippen LogP contribution is 2.67. The highest BCUT2D eigenvalue weighted by molar-refractivity contribution is 6.37. The average molecular weight is 695 g/mol. The monoisotopic (exact) mass is 694 g/mol. The van der Waals surface area contributed by atoms with Gasteiger partial charge in [0.05, 0.1) is 27.6 Å². The van der Waals surface area contributed by atoms with Crippen molar-refractivity contribution in [1.29, 1.82) is 0 Å². The SMILES string of the molecule is NC(c1ccccc1)[C@]1(c2ccccc2)CC1(N)c1cccc(-n2c3ccccc3c3c4c5ccccc5n(-c5ccccc5)c4c4ccccc4c32)c1. The van der Waals surface area contributed by atoms with Crippen molar-refractivity contribution in [2.75, 3.05) is 0 Å². The maximum absolute atomic E-state index is 7.66. The first-order chi connectivity index (χ1) is 26.6. The Bertz CT molecular complexity index is 3050. The Morgan fingerprint density at radius 3 is 1.48 bits per heavy atom. The summed E-state index contributed by atoms with van der Waals surface area (Å²) in [4.78, 5) is 0. The van der Waals surface area contributed by atoms with Gasteiger partial charge in [0, 0.05) is 55.1 Å². The molecule has 11 rings (SSSR count). The predicted octanol–water partition coefficient (Wildman–Crippen LogP) is 11.2. The number of fused-ring (bicyclic) bond motifs is 10. The zero-order chi connectivity index (χ0) is 36.0. The minimum Gasteiger partial charge on any atom is -0.323 e. The van der Waals surface area contributed by atoms with E-state index in [4.69, 9.17) is 11.5 Å². The van der Waals surface area contributed by atoms with E-state index in [2.05, 4.69) is 191 Å². The summed E-state index contributed by atoms with van der Waals surface area (Å²) in [7, 11) is 0. The van der Waals surface area contributed by atoms with Gasteiger partial charge in [0.25, 0.3) is 0 Å². The molecule has 54 heavy (non-hydrogen) atoms. The van der Waals surface area contributed by atoms with Gasteiger partial charge in [-0.25, -0.2) is 0 Å². The molecule has 1 saturated carbocycles. The van der Waals surface area contributed by atoms with Gasteiger partial charge in [-0.2, -0.15) is 0 Å². The molecule has 258 valence electrons. The fourth-order valence-electron chi connectivity index (χ4n) is 9.79. The zero-order valence-electron chi connectivity index (χ0n) is 29.7. The average Bonchev–Trinajstić information content (AvgIpc) is 3.56. The van der Waals surface area contributed by atoms with E-state index in [9.17, 15) is 0 Å². The second-order valence-electron chi connectivity index (χ2n) is 15.0. The lowest BCUT2D eigenvalue weighted by Gasteiger charge is -2.30. The standard InChI is InChI=1S/C50H38N4/c51-48(33-17-4-1-5-18-33)49(34-19-6-2-7-20-34)32-50(49,52)35-21-16-24-37(31-35)54-43-30-15-13-28-41(43)45-44-40-27-12-14-29-42(40)53(36-22-8-3-9-23-36)46(44)38-25-10-11-26-39(38)47(45)54/h1-31,48H,32,51-52H2/t48?,49-,50?/m1/s1. The number of hydrogen-bond acceptors (Lipinski definition) is 2. The van der Waals surface area contributed by atoms with E-state index < -0.39 is 11.0 Å². The number of benzene rings is 8. The first-order valence-corrected chi connectivity index (χ1v) is 18.8. The molecule has 2 heterocycles. The van der Waals surface area contributed by atoms with Crippen molar-refractivity contribution in [2.24, 2.45) is 11.5 Å². The minimum atomic E-state index is -0.670. The van der Waals surface area contributed by atoms with Crippen LogP contribution >= 0.6 is 0 Å². The van der Waals surface area contributed by atoms with E-state index in [-0.39, 0.29) is 6.04 Å². The summed E-state index contributed by atoms with van der Waals surface area (Å²) in [6.07, 6.45) is 0.749. The second kappa shape index (κ2) is 11.5. The van der Waals surface area contributed by atoms with Crippen molar-refractivity contribution in [3.8, 4) is 11.4 Å². The minimum absolute atomic E-state index is 0.276. The number of nitrogens with two attached hydrogens (primary N) is 2. The van der Waals surface area contributed by atoms with E-state index in [1.54, 1.807) is 0 Å². The van der Waals surface area contributed by atoms with E-state index >= 15 is 0 Å². The number of hydrogen-bond donors (Lipinski definition) is 2. The molecule has 4 heteroatoms. The fourth-order valence-corrected chi connectivity index (χ4v) is 9.79. The van der Waals surface area contributed by atoms with Crippen LogP contribution in [0.1, 0.15) is 29.2 Å². The van der Waals surface area contributed by atoms with Crippen LogP contribution in [0.4, 0.5) is 0 Å². The number of nitrogens with zero attached hydrogens (tertiary/aromatic N) is 2. The van der Waals surface area contributed by atoms with Gasteiger partial charge in [0.2, 0.25) is 0 Å². The molecule has 3 atom stereocenters. The van der Waals surface area contributed by atoms with Crippen LogP contribution in [0.3, 0.4) is 0 Å². The molecule has 1 fully saturated rings. The highest BCUT2D eigenvalue weighted by atomic mass is 15.0. The number of rotatable bonds is 6. The van der Waals surface area contributed by atoms with Crippen molar-refractivity contribution >= 4 is 54.4 Å². The summed E-state index contributed by atoms with van der Waals surface area (Å²) in [5, 5.41) is 7.42. The van der Waals surface area contributed by atoms with E-state index in [1.807, 2.05) is 6.07 Å². The lowest BCUT2D eigenvalue weighted by atomic mass is 9.79. The van der Waals surface area contributed by atoms with Crippen molar-refractivity contribution in [3.05, 3.63) is 205 Å². The van der Waals surface area contributed by atoms with Crippen LogP contribution in [-0.2, 0) is 11.0 Å². The molecule has 1 aliphatic rings. The molecule has 2 unspecified atom stereocenters. The molecule has 0 saturated heterocycles. The second-order valence-corrected chi connectivity index (χ2v) is 15.0. The van der Waals surface area contributed by atoms with Crippen LogP contribution in [0.2, 0.25) is 0 Å². The van der Waals surface area contributed by atoms with Crippen molar-refractivity contribution in [2.45, 2.75) is 23.4 Å². The third-order valence-electron chi connectivity index (χ3n) is 12.3. The fraction of sp³-hybridized carbons (Fsp3) is 0.0800. The summed E-state index contributed by atoms with van der Waals surface area (Å²) in [6, 6.07) is 67.1. The van der Waals surface area contributed by atoms with Gasteiger partial charge in [-0.1, -0.05) is 152 Å². The summed E-state index contributed by atoms with van der Waals surface area (Å²) >= 11 is 0. The molecule has 0 radical (unpaired) electrons. The highest BCUT2D eigenvalue weighted by Gasteiger charge is 2.69. The van der Waals surface area contributed by atoms with Crippen LogP contribution in [0.25, 0.3) is 65.8 Å². The first kappa shape index (κ1) is 31.1. The molecule has 2 aromatic heterocycles. The molecular formula is C50H38N4. The van der Waals surface area contributed by atoms with E-state index in [0.717, 1.165) is 34.4 Å². The van der Waals surface area contributed by atoms with Gasteiger partial charge in [0.15, 0.2) is 0 Å². The summed E-state index contributed by atoms with van der Waals surface area (Å²) in [5.74, 6) is 0. The van der Waals surface area contributed by atoms with Crippen molar-refractivity contribution in [3.63, 3.8) is 0 Å². The van der Waals surface area contributed by atoms with Gasteiger partial charge < -0.3 is 20.6 Å². The Morgan fingerprint density at radius 1 is 0.444 bits per heavy atom. The van der Waals surface area contributed by atoms with Crippen molar-refractivity contribution in [1.82, 2.24) is 9.13 Å². The zero-order valence-corrected chi connectivity index (χ0v) is 29.7.